The molecule has 0 amide bonds. The highest BCUT2D eigenvalue weighted by molar-refractivity contribution is 6.30. The largest absolute Gasteiger partial charge is 0.494 e. The van der Waals surface area contributed by atoms with Gasteiger partial charge in [0.25, 0.3) is 0 Å². The van der Waals surface area contributed by atoms with E-state index in [1.54, 1.807) is 18.1 Å². The van der Waals surface area contributed by atoms with E-state index in [2.05, 4.69) is 34.5 Å². The summed E-state index contributed by atoms with van der Waals surface area (Å²) >= 11 is 6.04. The standard InChI is InChI=1S/C28H37ClF3N7O/c1-37(2)20-8-11-38(12-9-20)21-5-7-23(25(15-21)40-3)36-26(33)16-24-27(34)35-10-13-39(24)17-18-14-19(29)4-6-22(18)28(30,31)32/h4-7,14-16,20,35-36H,8-13,17,33-34H2,1-3H3/b26-16+. The zero-order chi connectivity index (χ0) is 29.0. The zero-order valence-electron chi connectivity index (χ0n) is 23.0. The van der Waals surface area contributed by atoms with Gasteiger partial charge in [0.05, 0.1) is 24.1 Å². The number of hydrogen-bond acceptors (Lipinski definition) is 8. The van der Waals surface area contributed by atoms with Crippen molar-refractivity contribution in [2.24, 2.45) is 11.5 Å². The molecule has 0 atom stereocenters. The molecule has 2 aliphatic heterocycles. The van der Waals surface area contributed by atoms with E-state index >= 15 is 0 Å². The average molecular weight is 580 g/mol. The maximum absolute atomic E-state index is 13.7. The molecule has 0 aromatic heterocycles. The van der Waals surface area contributed by atoms with Crippen molar-refractivity contribution in [2.45, 2.75) is 31.6 Å². The number of rotatable bonds is 8. The summed E-state index contributed by atoms with van der Waals surface area (Å²) in [6.45, 7) is 2.77. The molecule has 6 N–H and O–H groups in total. The molecule has 2 aromatic rings. The first-order chi connectivity index (χ1) is 19.0. The quantitative estimate of drug-likeness (QED) is 0.367. The fourth-order valence-corrected chi connectivity index (χ4v) is 5.37. The number of alkyl halides is 3. The van der Waals surface area contributed by atoms with Crippen LogP contribution in [0.2, 0.25) is 5.02 Å². The van der Waals surface area contributed by atoms with Gasteiger partial charge in [-0.2, -0.15) is 13.2 Å². The Balaban J connectivity index is 1.52. The molecule has 1 saturated heterocycles. The van der Waals surface area contributed by atoms with Crippen LogP contribution in [0.25, 0.3) is 0 Å². The normalized spacial score (nSPS) is 17.4. The van der Waals surface area contributed by atoms with Crippen LogP contribution >= 0.6 is 11.6 Å². The topological polar surface area (TPSA) is 95.0 Å². The molecule has 4 rings (SSSR count). The Morgan fingerprint density at radius 3 is 2.55 bits per heavy atom. The fourth-order valence-electron chi connectivity index (χ4n) is 5.17. The molecule has 0 unspecified atom stereocenters. The average Bonchev–Trinajstić information content (AvgIpc) is 2.90. The van der Waals surface area contributed by atoms with Crippen molar-refractivity contribution in [3.05, 3.63) is 76.0 Å². The van der Waals surface area contributed by atoms with E-state index in [4.69, 9.17) is 27.8 Å². The second-order valence-corrected chi connectivity index (χ2v) is 10.7. The first kappa shape index (κ1) is 29.5. The Hall–Kier alpha value is -3.44. The summed E-state index contributed by atoms with van der Waals surface area (Å²) in [5.41, 5.74) is 14.1. The van der Waals surface area contributed by atoms with Crippen molar-refractivity contribution in [3.8, 4) is 5.75 Å². The molecule has 0 saturated carbocycles. The Labute approximate surface area is 238 Å². The third-order valence-corrected chi connectivity index (χ3v) is 7.60. The van der Waals surface area contributed by atoms with Crippen LogP contribution in [0.3, 0.4) is 0 Å². The van der Waals surface area contributed by atoms with Crippen LogP contribution in [0.5, 0.6) is 5.75 Å². The number of nitrogens with one attached hydrogen (secondary N) is 2. The lowest BCUT2D eigenvalue weighted by Crippen LogP contribution is -2.42. The summed E-state index contributed by atoms with van der Waals surface area (Å²) in [6, 6.07) is 10.1. The van der Waals surface area contributed by atoms with Crippen molar-refractivity contribution in [3.63, 3.8) is 0 Å². The Morgan fingerprint density at radius 1 is 1.18 bits per heavy atom. The van der Waals surface area contributed by atoms with E-state index in [0.29, 0.717) is 42.1 Å². The van der Waals surface area contributed by atoms with Gasteiger partial charge in [-0.05, 0) is 62.8 Å². The number of benzene rings is 2. The summed E-state index contributed by atoms with van der Waals surface area (Å²) in [7, 11) is 5.83. The summed E-state index contributed by atoms with van der Waals surface area (Å²) in [5.74, 6) is 1.19. The highest BCUT2D eigenvalue weighted by atomic mass is 35.5. The molecule has 2 aromatic carbocycles. The Kier molecular flexibility index (Phi) is 9.15. The van der Waals surface area contributed by atoms with Crippen LogP contribution < -0.4 is 31.7 Å². The number of allylic oxidation sites excluding steroid dienone is 1. The van der Waals surface area contributed by atoms with Gasteiger partial charge >= 0.3 is 6.18 Å². The molecule has 12 heteroatoms. The number of methoxy groups -OCH3 is 1. The van der Waals surface area contributed by atoms with Gasteiger partial charge in [0.2, 0.25) is 0 Å². The molecule has 2 heterocycles. The SMILES string of the molecule is COc1cc(N2CCC(N(C)C)CC2)ccc1N/C(N)=C/C1=C(N)NCCN1Cc1cc(Cl)ccc1C(F)(F)F. The summed E-state index contributed by atoms with van der Waals surface area (Å²) in [4.78, 5) is 6.36. The summed E-state index contributed by atoms with van der Waals surface area (Å²) in [5, 5.41) is 6.44. The van der Waals surface area contributed by atoms with Crippen LogP contribution in [0.4, 0.5) is 24.5 Å². The van der Waals surface area contributed by atoms with Crippen LogP contribution in [-0.4, -0.2) is 63.2 Å². The number of ether oxygens (including phenoxy) is 1. The van der Waals surface area contributed by atoms with Crippen molar-refractivity contribution in [1.29, 1.82) is 0 Å². The minimum Gasteiger partial charge on any atom is -0.494 e. The van der Waals surface area contributed by atoms with Crippen molar-refractivity contribution < 1.29 is 17.9 Å². The minimum absolute atomic E-state index is 0.0422. The first-order valence-corrected chi connectivity index (χ1v) is 13.5. The van der Waals surface area contributed by atoms with Crippen molar-refractivity contribution in [1.82, 2.24) is 15.1 Å². The molecule has 8 nitrogen and oxygen atoms in total. The number of anilines is 2. The first-order valence-electron chi connectivity index (χ1n) is 13.1. The molecule has 0 spiro atoms. The predicted octanol–water partition coefficient (Wildman–Crippen LogP) is 4.34. The lowest BCUT2D eigenvalue weighted by atomic mass is 10.0. The monoisotopic (exact) mass is 579 g/mol. The van der Waals surface area contributed by atoms with Gasteiger partial charge in [-0.15, -0.1) is 0 Å². The third-order valence-electron chi connectivity index (χ3n) is 7.36. The minimum atomic E-state index is -4.51. The maximum atomic E-state index is 13.7. The second kappa shape index (κ2) is 12.4. The molecular formula is C28H37ClF3N7O. The van der Waals surface area contributed by atoms with Crippen LogP contribution in [0, 0.1) is 0 Å². The molecule has 218 valence electrons. The highest BCUT2D eigenvalue weighted by Crippen LogP contribution is 2.35. The van der Waals surface area contributed by atoms with Gasteiger partial charge in [-0.1, -0.05) is 11.6 Å². The molecular weight excluding hydrogens is 543 g/mol. The van der Waals surface area contributed by atoms with E-state index in [-0.39, 0.29) is 23.0 Å². The molecule has 0 radical (unpaired) electrons. The maximum Gasteiger partial charge on any atom is 0.416 e. The predicted molar refractivity (Wildman–Crippen MR) is 154 cm³/mol. The summed E-state index contributed by atoms with van der Waals surface area (Å²) < 4.78 is 46.6. The van der Waals surface area contributed by atoms with E-state index in [0.717, 1.165) is 37.7 Å². The van der Waals surface area contributed by atoms with E-state index in [9.17, 15) is 13.2 Å². The van der Waals surface area contributed by atoms with Crippen LogP contribution in [0.1, 0.15) is 24.0 Å². The lowest BCUT2D eigenvalue weighted by molar-refractivity contribution is -0.138. The fraction of sp³-hybridized carbons (Fsp3) is 0.429. The number of nitrogens with zero attached hydrogens (tertiary/aromatic N) is 3. The van der Waals surface area contributed by atoms with Gasteiger partial charge in [-0.25, -0.2) is 0 Å². The van der Waals surface area contributed by atoms with Crippen molar-refractivity contribution in [2.75, 3.05) is 57.6 Å². The van der Waals surface area contributed by atoms with Crippen LogP contribution in [0.15, 0.2) is 59.8 Å². The van der Waals surface area contributed by atoms with Gasteiger partial charge < -0.3 is 41.5 Å². The molecule has 2 aliphatic rings. The van der Waals surface area contributed by atoms with Gasteiger partial charge in [0.1, 0.15) is 17.4 Å². The molecule has 1 fully saturated rings. The number of hydrogen-bond donors (Lipinski definition) is 4. The summed E-state index contributed by atoms with van der Waals surface area (Å²) in [6.07, 6.45) is -0.721. The van der Waals surface area contributed by atoms with E-state index in [1.165, 1.54) is 12.1 Å². The van der Waals surface area contributed by atoms with E-state index in [1.807, 2.05) is 18.2 Å². The number of halogens is 4. The third kappa shape index (κ3) is 7.00. The Morgan fingerprint density at radius 2 is 1.90 bits per heavy atom. The zero-order valence-corrected chi connectivity index (χ0v) is 23.7. The van der Waals surface area contributed by atoms with Gasteiger partial charge in [-0.3, -0.25) is 0 Å². The Bertz CT molecular complexity index is 1260. The molecule has 0 bridgehead atoms. The van der Waals surface area contributed by atoms with Gasteiger partial charge in [0.15, 0.2) is 0 Å². The highest BCUT2D eigenvalue weighted by Gasteiger charge is 2.34. The molecule has 40 heavy (non-hydrogen) atoms. The number of nitrogens with two attached hydrogens (primary N) is 2. The number of piperidine rings is 1. The molecule has 0 aliphatic carbocycles. The van der Waals surface area contributed by atoms with Crippen LogP contribution in [-0.2, 0) is 12.7 Å². The van der Waals surface area contributed by atoms with E-state index < -0.39 is 11.7 Å². The van der Waals surface area contributed by atoms with Crippen molar-refractivity contribution >= 4 is 23.0 Å². The second-order valence-electron chi connectivity index (χ2n) is 10.2. The lowest BCUT2D eigenvalue weighted by Gasteiger charge is -2.36. The van der Waals surface area contributed by atoms with Gasteiger partial charge in [0, 0.05) is 61.6 Å². The smallest absolute Gasteiger partial charge is 0.416 e.